The van der Waals surface area contributed by atoms with Crippen molar-refractivity contribution in [1.29, 1.82) is 0 Å². The molecule has 6 heteroatoms. The van der Waals surface area contributed by atoms with E-state index in [1.807, 2.05) is 20.9 Å². The maximum Gasteiger partial charge on any atom is 0.164 e. The average Bonchev–Trinajstić information content (AvgIpc) is 2.64. The van der Waals surface area contributed by atoms with E-state index in [0.29, 0.717) is 11.0 Å². The molecule has 0 spiro atoms. The maximum absolute atomic E-state index is 6.08. The van der Waals surface area contributed by atoms with Crippen LogP contribution < -0.4 is 0 Å². The summed E-state index contributed by atoms with van der Waals surface area (Å²) in [6.07, 6.45) is 2.56. The molecule has 4 nitrogen and oxygen atoms in total. The van der Waals surface area contributed by atoms with Gasteiger partial charge in [-0.3, -0.25) is 4.68 Å². The molecule has 0 unspecified atom stereocenters. The van der Waals surface area contributed by atoms with Crippen molar-refractivity contribution in [1.82, 2.24) is 19.7 Å². The SMILES string of the molecule is CCc1nc(-c2cnn(C)c2C)nc(Cl)c1Br. The van der Waals surface area contributed by atoms with E-state index in [1.54, 1.807) is 10.9 Å². The molecule has 2 aromatic rings. The number of hydrogen-bond donors (Lipinski definition) is 0. The molecule has 17 heavy (non-hydrogen) atoms. The lowest BCUT2D eigenvalue weighted by Gasteiger charge is -2.06. The summed E-state index contributed by atoms with van der Waals surface area (Å²) in [4.78, 5) is 8.78. The molecular formula is C11H12BrClN4. The summed E-state index contributed by atoms with van der Waals surface area (Å²) >= 11 is 9.47. The Labute approximate surface area is 113 Å². The van der Waals surface area contributed by atoms with Crippen LogP contribution in [0.5, 0.6) is 0 Å². The van der Waals surface area contributed by atoms with Crippen molar-refractivity contribution < 1.29 is 0 Å². The van der Waals surface area contributed by atoms with E-state index in [-0.39, 0.29) is 0 Å². The normalized spacial score (nSPS) is 10.9. The molecule has 0 amide bonds. The zero-order valence-corrected chi connectivity index (χ0v) is 12.2. The fourth-order valence-electron chi connectivity index (χ4n) is 1.54. The number of halogens is 2. The van der Waals surface area contributed by atoms with Gasteiger partial charge in [0, 0.05) is 12.7 Å². The van der Waals surface area contributed by atoms with Gasteiger partial charge in [0.2, 0.25) is 0 Å². The van der Waals surface area contributed by atoms with E-state index in [9.17, 15) is 0 Å². The Balaban J connectivity index is 2.61. The zero-order chi connectivity index (χ0) is 12.6. The van der Waals surface area contributed by atoms with E-state index in [1.165, 1.54) is 0 Å². The van der Waals surface area contributed by atoms with E-state index in [2.05, 4.69) is 31.0 Å². The van der Waals surface area contributed by atoms with E-state index in [0.717, 1.165) is 27.8 Å². The lowest BCUT2D eigenvalue weighted by Crippen LogP contribution is -1.99. The molecule has 0 aliphatic carbocycles. The Bertz CT molecular complexity index is 565. The van der Waals surface area contributed by atoms with Gasteiger partial charge in [-0.15, -0.1) is 0 Å². The largest absolute Gasteiger partial charge is 0.272 e. The second-order valence-electron chi connectivity index (χ2n) is 3.72. The molecular weight excluding hydrogens is 304 g/mol. The number of hydrogen-bond acceptors (Lipinski definition) is 3. The van der Waals surface area contributed by atoms with Crippen LogP contribution in [0.1, 0.15) is 18.3 Å². The highest BCUT2D eigenvalue weighted by Gasteiger charge is 2.14. The van der Waals surface area contributed by atoms with Crippen LogP contribution in [-0.2, 0) is 13.5 Å². The van der Waals surface area contributed by atoms with Crippen molar-refractivity contribution in [3.05, 3.63) is 27.2 Å². The summed E-state index contributed by atoms with van der Waals surface area (Å²) in [6, 6.07) is 0. The van der Waals surface area contributed by atoms with Crippen molar-refractivity contribution in [3.63, 3.8) is 0 Å². The molecule has 0 radical (unpaired) electrons. The number of rotatable bonds is 2. The number of aromatic nitrogens is 4. The molecule has 2 aromatic heterocycles. The predicted octanol–water partition coefficient (Wildman–Crippen LogP) is 3.16. The lowest BCUT2D eigenvalue weighted by molar-refractivity contribution is 0.740. The van der Waals surface area contributed by atoms with Crippen LogP contribution in [0.4, 0.5) is 0 Å². The number of aryl methyl sites for hydroxylation is 2. The van der Waals surface area contributed by atoms with Crippen molar-refractivity contribution in [2.45, 2.75) is 20.3 Å². The lowest BCUT2D eigenvalue weighted by atomic mass is 10.2. The second-order valence-corrected chi connectivity index (χ2v) is 4.87. The topological polar surface area (TPSA) is 43.6 Å². The van der Waals surface area contributed by atoms with Crippen LogP contribution in [0.25, 0.3) is 11.4 Å². The third kappa shape index (κ3) is 2.21. The average molecular weight is 316 g/mol. The highest BCUT2D eigenvalue weighted by Crippen LogP contribution is 2.28. The smallest absolute Gasteiger partial charge is 0.164 e. The van der Waals surface area contributed by atoms with Gasteiger partial charge in [-0.05, 0) is 29.3 Å². The first kappa shape index (κ1) is 12.5. The van der Waals surface area contributed by atoms with Crippen LogP contribution >= 0.6 is 27.5 Å². The van der Waals surface area contributed by atoms with Crippen LogP contribution in [0, 0.1) is 6.92 Å². The minimum absolute atomic E-state index is 0.440. The van der Waals surface area contributed by atoms with Crippen molar-refractivity contribution in [3.8, 4) is 11.4 Å². The van der Waals surface area contributed by atoms with Gasteiger partial charge in [0.15, 0.2) is 5.82 Å². The molecule has 0 fully saturated rings. The zero-order valence-electron chi connectivity index (χ0n) is 9.83. The molecule has 0 N–H and O–H groups in total. The first-order valence-corrected chi connectivity index (χ1v) is 6.42. The first-order chi connectivity index (χ1) is 8.04. The molecule has 90 valence electrons. The van der Waals surface area contributed by atoms with Gasteiger partial charge in [0.05, 0.1) is 21.9 Å². The molecule has 0 aromatic carbocycles. The van der Waals surface area contributed by atoms with Crippen LogP contribution in [-0.4, -0.2) is 19.7 Å². The molecule has 0 bridgehead atoms. The molecule has 0 atom stereocenters. The minimum Gasteiger partial charge on any atom is -0.272 e. The molecule has 0 saturated carbocycles. The standard InChI is InChI=1S/C11H12BrClN4/c1-4-8-9(12)10(13)16-11(15-8)7-5-14-17(3)6(7)2/h5H,4H2,1-3H3. The third-order valence-corrected chi connectivity index (χ3v) is 4.03. The highest BCUT2D eigenvalue weighted by atomic mass is 79.9. The van der Waals surface area contributed by atoms with Gasteiger partial charge < -0.3 is 0 Å². The molecule has 0 aliphatic rings. The summed E-state index contributed by atoms with van der Waals surface area (Å²) in [5.74, 6) is 0.626. The molecule has 2 rings (SSSR count). The van der Waals surface area contributed by atoms with E-state index >= 15 is 0 Å². The Hall–Kier alpha value is -0.940. The van der Waals surface area contributed by atoms with Gasteiger partial charge in [-0.25, -0.2) is 9.97 Å². The van der Waals surface area contributed by atoms with Gasteiger partial charge in [0.25, 0.3) is 0 Å². The monoisotopic (exact) mass is 314 g/mol. The highest BCUT2D eigenvalue weighted by molar-refractivity contribution is 9.10. The fourth-order valence-corrected chi connectivity index (χ4v) is 2.18. The minimum atomic E-state index is 0.440. The van der Waals surface area contributed by atoms with E-state index < -0.39 is 0 Å². The predicted molar refractivity (Wildman–Crippen MR) is 71.1 cm³/mol. The maximum atomic E-state index is 6.08. The Morgan fingerprint density at radius 2 is 2.12 bits per heavy atom. The summed E-state index contributed by atoms with van der Waals surface area (Å²) in [7, 11) is 1.89. The summed E-state index contributed by atoms with van der Waals surface area (Å²) in [6.45, 7) is 4.01. The first-order valence-electron chi connectivity index (χ1n) is 5.25. The molecule has 0 aliphatic heterocycles. The van der Waals surface area contributed by atoms with E-state index in [4.69, 9.17) is 11.6 Å². The van der Waals surface area contributed by atoms with Crippen molar-refractivity contribution in [2.24, 2.45) is 7.05 Å². The van der Waals surface area contributed by atoms with Crippen molar-refractivity contribution in [2.75, 3.05) is 0 Å². The van der Waals surface area contributed by atoms with Gasteiger partial charge in [-0.1, -0.05) is 18.5 Å². The number of nitrogens with zero attached hydrogens (tertiary/aromatic N) is 4. The van der Waals surface area contributed by atoms with Crippen molar-refractivity contribution >= 4 is 27.5 Å². The molecule has 2 heterocycles. The Morgan fingerprint density at radius 1 is 1.41 bits per heavy atom. The Kier molecular flexibility index (Phi) is 3.49. The van der Waals surface area contributed by atoms with Crippen LogP contribution in [0.2, 0.25) is 5.15 Å². The fraction of sp³-hybridized carbons (Fsp3) is 0.364. The summed E-state index contributed by atoms with van der Waals surface area (Å²) in [5, 5.41) is 4.62. The van der Waals surface area contributed by atoms with Gasteiger partial charge in [0.1, 0.15) is 5.15 Å². The van der Waals surface area contributed by atoms with Gasteiger partial charge in [-0.2, -0.15) is 5.10 Å². The summed E-state index contributed by atoms with van der Waals surface area (Å²) < 4.78 is 2.56. The Morgan fingerprint density at radius 3 is 2.65 bits per heavy atom. The van der Waals surface area contributed by atoms with Gasteiger partial charge >= 0.3 is 0 Å². The van der Waals surface area contributed by atoms with Crippen LogP contribution in [0.3, 0.4) is 0 Å². The quantitative estimate of drug-likeness (QED) is 0.800. The summed E-state index contributed by atoms with van der Waals surface area (Å²) in [5.41, 5.74) is 2.84. The second kappa shape index (κ2) is 4.74. The molecule has 0 saturated heterocycles. The third-order valence-electron chi connectivity index (χ3n) is 2.69. The van der Waals surface area contributed by atoms with Crippen LogP contribution in [0.15, 0.2) is 10.7 Å².